The van der Waals surface area contributed by atoms with Crippen LogP contribution in [0.1, 0.15) is 29.4 Å². The number of anilines is 4. The van der Waals surface area contributed by atoms with Gasteiger partial charge in [0.1, 0.15) is 33.5 Å². The minimum Gasteiger partial charge on any atom is -0.394 e. The topological polar surface area (TPSA) is 178 Å². The molecule has 0 bridgehead atoms. The second-order valence-corrected chi connectivity index (χ2v) is 13.5. The van der Waals surface area contributed by atoms with Gasteiger partial charge in [0.25, 0.3) is 0 Å². The maximum Gasteiger partial charge on any atom is 0.151 e. The van der Waals surface area contributed by atoms with E-state index in [0.717, 1.165) is 61.8 Å². The third kappa shape index (κ3) is 8.41. The van der Waals surface area contributed by atoms with Crippen LogP contribution in [0.2, 0.25) is 0 Å². The molecule has 0 aromatic carbocycles. The van der Waals surface area contributed by atoms with Gasteiger partial charge in [-0.2, -0.15) is 10.2 Å². The lowest BCUT2D eigenvalue weighted by Crippen LogP contribution is -2.13. The summed E-state index contributed by atoms with van der Waals surface area (Å²) in [5.41, 5.74) is 10.7. The Balaban J connectivity index is 0.000000174. The van der Waals surface area contributed by atoms with Crippen molar-refractivity contribution in [2.75, 3.05) is 17.2 Å². The van der Waals surface area contributed by atoms with E-state index in [2.05, 4.69) is 50.7 Å². The van der Waals surface area contributed by atoms with Crippen LogP contribution in [0, 0.1) is 39.3 Å². The monoisotopic (exact) mass is 770 g/mol. The first-order chi connectivity index (χ1) is 27.5. The fourth-order valence-electron chi connectivity index (χ4n) is 6.20. The van der Waals surface area contributed by atoms with E-state index >= 15 is 0 Å². The third-order valence-corrected chi connectivity index (χ3v) is 9.01. The smallest absolute Gasteiger partial charge is 0.151 e. The molecule has 57 heavy (non-hydrogen) atoms. The van der Waals surface area contributed by atoms with Gasteiger partial charge in [-0.3, -0.25) is 29.3 Å². The number of halogens is 2. The van der Waals surface area contributed by atoms with Crippen LogP contribution in [0.3, 0.4) is 0 Å². The van der Waals surface area contributed by atoms with Gasteiger partial charge < -0.3 is 20.8 Å². The number of nitrogens with one attached hydrogen (secondary N) is 2. The van der Waals surface area contributed by atoms with Crippen LogP contribution >= 0.6 is 0 Å². The highest BCUT2D eigenvalue weighted by Gasteiger charge is 2.16. The van der Waals surface area contributed by atoms with E-state index in [0.29, 0.717) is 30.0 Å². The first-order valence-electron chi connectivity index (χ1n) is 18.1. The molecule has 16 heteroatoms. The lowest BCUT2D eigenvalue weighted by atomic mass is 10.1. The molecule has 8 heterocycles. The SMILES string of the molecule is Cc1ccc(F)c(-c2cc(Nc3ccnc4cnn(CC(C)O)c34)c(C)cn2)n1.Cc1ccc(F)c(-c2cc(Nc3ccnc4cnn(CCO)c34)c(C)cn2)n1. The first kappa shape index (κ1) is 38.5. The average Bonchev–Trinajstić information content (AvgIpc) is 3.80. The van der Waals surface area contributed by atoms with E-state index in [9.17, 15) is 19.0 Å². The Kier molecular flexibility index (Phi) is 11.2. The van der Waals surface area contributed by atoms with Crippen LogP contribution in [0.5, 0.6) is 0 Å². The number of aliphatic hydroxyl groups is 2. The second-order valence-electron chi connectivity index (χ2n) is 13.5. The lowest BCUT2D eigenvalue weighted by molar-refractivity contribution is 0.170. The molecule has 1 unspecified atom stereocenters. The Morgan fingerprint density at radius 1 is 0.632 bits per heavy atom. The number of pyridine rings is 6. The predicted octanol–water partition coefficient (Wildman–Crippen LogP) is 7.15. The summed E-state index contributed by atoms with van der Waals surface area (Å²) in [4.78, 5) is 25.9. The maximum atomic E-state index is 14.3. The Bertz CT molecular complexity index is 2710. The molecule has 8 aromatic rings. The van der Waals surface area contributed by atoms with Gasteiger partial charge in [0.05, 0.1) is 61.0 Å². The molecule has 4 N–H and O–H groups in total. The van der Waals surface area contributed by atoms with Gasteiger partial charge in [0.2, 0.25) is 0 Å². The minimum absolute atomic E-state index is 0.0259. The van der Waals surface area contributed by atoms with Crippen LogP contribution in [0.25, 0.3) is 44.8 Å². The molecule has 0 radical (unpaired) electrons. The number of aliphatic hydroxyl groups excluding tert-OH is 2. The number of rotatable bonds is 10. The van der Waals surface area contributed by atoms with Crippen LogP contribution in [0.4, 0.5) is 31.5 Å². The summed E-state index contributed by atoms with van der Waals surface area (Å²) in [6.07, 6.45) is 9.53. The van der Waals surface area contributed by atoms with Gasteiger partial charge in [-0.1, -0.05) is 0 Å². The summed E-state index contributed by atoms with van der Waals surface area (Å²) in [5, 5.41) is 34.4. The Morgan fingerprint density at radius 2 is 1.11 bits per heavy atom. The number of hydrogen-bond donors (Lipinski definition) is 4. The summed E-state index contributed by atoms with van der Waals surface area (Å²) >= 11 is 0. The van der Waals surface area contributed by atoms with E-state index < -0.39 is 17.7 Å². The van der Waals surface area contributed by atoms with E-state index in [-0.39, 0.29) is 18.0 Å². The Hall–Kier alpha value is -6.78. The minimum atomic E-state index is -0.546. The number of aromatic nitrogens is 10. The molecule has 14 nitrogen and oxygen atoms in total. The Labute approximate surface area is 326 Å². The highest BCUT2D eigenvalue weighted by molar-refractivity contribution is 5.91. The van der Waals surface area contributed by atoms with Crippen molar-refractivity contribution >= 4 is 44.8 Å². The quantitative estimate of drug-likeness (QED) is 0.111. The molecule has 0 aliphatic rings. The molecule has 0 amide bonds. The number of nitrogens with zero attached hydrogens (tertiary/aromatic N) is 10. The summed E-state index contributed by atoms with van der Waals surface area (Å²) in [5.74, 6) is -0.834. The van der Waals surface area contributed by atoms with Crippen molar-refractivity contribution < 1.29 is 19.0 Å². The highest BCUT2D eigenvalue weighted by Crippen LogP contribution is 2.31. The number of fused-ring (bicyclic) bond motifs is 2. The van der Waals surface area contributed by atoms with Gasteiger partial charge in [-0.15, -0.1) is 0 Å². The fraction of sp³-hybridized carbons (Fsp3) is 0.220. The molecule has 0 spiro atoms. The lowest BCUT2D eigenvalue weighted by Gasteiger charge is -2.14. The van der Waals surface area contributed by atoms with Crippen molar-refractivity contribution in [2.24, 2.45) is 0 Å². The van der Waals surface area contributed by atoms with Crippen molar-refractivity contribution in [3.63, 3.8) is 0 Å². The number of aryl methyl sites for hydroxylation is 4. The zero-order valence-corrected chi connectivity index (χ0v) is 31.9. The van der Waals surface area contributed by atoms with Crippen LogP contribution in [-0.4, -0.2) is 72.4 Å². The Morgan fingerprint density at radius 3 is 1.58 bits per heavy atom. The summed E-state index contributed by atoms with van der Waals surface area (Å²) < 4.78 is 32.0. The summed E-state index contributed by atoms with van der Waals surface area (Å²) in [7, 11) is 0. The van der Waals surface area contributed by atoms with Crippen molar-refractivity contribution in [3.05, 3.63) is 120 Å². The predicted molar refractivity (Wildman–Crippen MR) is 214 cm³/mol. The average molecular weight is 771 g/mol. The molecule has 8 aromatic heterocycles. The zero-order chi connectivity index (χ0) is 40.2. The van der Waals surface area contributed by atoms with E-state index in [1.54, 1.807) is 77.7 Å². The normalized spacial score (nSPS) is 11.7. The molecule has 0 aliphatic carbocycles. The van der Waals surface area contributed by atoms with Gasteiger partial charge in [-0.05, 0) is 94.3 Å². The third-order valence-electron chi connectivity index (χ3n) is 9.01. The van der Waals surface area contributed by atoms with Gasteiger partial charge in [0, 0.05) is 47.6 Å². The highest BCUT2D eigenvalue weighted by atomic mass is 19.1. The van der Waals surface area contributed by atoms with Crippen molar-refractivity contribution in [3.8, 4) is 22.8 Å². The van der Waals surface area contributed by atoms with Crippen molar-refractivity contribution in [1.82, 2.24) is 49.5 Å². The van der Waals surface area contributed by atoms with Crippen molar-refractivity contribution in [1.29, 1.82) is 0 Å². The molecule has 0 fully saturated rings. The number of hydrogen-bond acceptors (Lipinski definition) is 12. The summed E-state index contributed by atoms with van der Waals surface area (Å²) in [6, 6.07) is 13.3. The van der Waals surface area contributed by atoms with Crippen LogP contribution in [-0.2, 0) is 13.1 Å². The zero-order valence-electron chi connectivity index (χ0n) is 31.9. The molecule has 8 rings (SSSR count). The molecule has 0 saturated carbocycles. The standard InChI is InChI=1S/C21H21FN6O.C20H19FN6O/c1-12-9-24-18(20-15(22)5-4-13(2)26-20)8-17(12)27-16-6-7-23-19-10-25-28(21(16)19)11-14(3)29;1-12-10-23-17(19-14(21)4-3-13(2)25-19)9-16(12)26-15-5-6-22-18-11-24-27(7-8-28)20(15)18/h4-10,14,29H,11H2,1-3H3,(H,23,24,27);3-6,9-11,28H,7-8H2,1-2H3,(H,22,23,26). The molecule has 290 valence electrons. The molecule has 0 aliphatic heterocycles. The van der Waals surface area contributed by atoms with Crippen LogP contribution < -0.4 is 10.6 Å². The maximum absolute atomic E-state index is 14.3. The second kappa shape index (κ2) is 16.5. The fourth-order valence-corrected chi connectivity index (χ4v) is 6.20. The van der Waals surface area contributed by atoms with E-state index in [4.69, 9.17) is 0 Å². The van der Waals surface area contributed by atoms with Gasteiger partial charge >= 0.3 is 0 Å². The van der Waals surface area contributed by atoms with Crippen LogP contribution in [0.15, 0.2) is 85.7 Å². The van der Waals surface area contributed by atoms with E-state index in [1.165, 1.54) is 12.1 Å². The van der Waals surface area contributed by atoms with Gasteiger partial charge in [0.15, 0.2) is 11.6 Å². The largest absolute Gasteiger partial charge is 0.394 e. The van der Waals surface area contributed by atoms with Gasteiger partial charge in [-0.25, -0.2) is 18.7 Å². The van der Waals surface area contributed by atoms with E-state index in [1.807, 2.05) is 39.8 Å². The first-order valence-corrected chi connectivity index (χ1v) is 18.1. The summed E-state index contributed by atoms with van der Waals surface area (Å²) in [6.45, 7) is 9.86. The molecular weight excluding hydrogens is 731 g/mol. The van der Waals surface area contributed by atoms with Crippen molar-refractivity contribution in [2.45, 2.75) is 53.8 Å². The molecule has 0 saturated heterocycles. The molecular formula is C41H40F2N12O2. The molecule has 1 atom stereocenters.